The summed E-state index contributed by atoms with van der Waals surface area (Å²) in [6.45, 7) is 0. The molecule has 9 nitrogen and oxygen atoms in total. The zero-order valence-corrected chi connectivity index (χ0v) is 22.6. The maximum Gasteiger partial charge on any atom is 0.437 e. The summed E-state index contributed by atoms with van der Waals surface area (Å²) >= 11 is 3.58. The number of rotatable bonds is 6. The summed E-state index contributed by atoms with van der Waals surface area (Å²) in [5, 5.41) is 21.1. The van der Waals surface area contributed by atoms with Gasteiger partial charge in [-0.1, -0.05) is 0 Å². The molecule has 1 saturated heterocycles. The minimum absolute atomic E-state index is 0.139. The van der Waals surface area contributed by atoms with Crippen LogP contribution in [0.3, 0.4) is 0 Å². The molecule has 17 heteroatoms. The van der Waals surface area contributed by atoms with Gasteiger partial charge in [0.25, 0.3) is 0 Å². The fraction of sp³-hybridized carbons (Fsp3) is 0.524. The first-order valence-corrected chi connectivity index (χ1v) is 12.7. The molecule has 38 heavy (non-hydrogen) atoms. The van der Waals surface area contributed by atoms with Crippen LogP contribution in [0.4, 0.5) is 26.3 Å². The van der Waals surface area contributed by atoms with Crippen molar-refractivity contribution in [2.45, 2.75) is 43.0 Å². The van der Waals surface area contributed by atoms with Crippen LogP contribution in [0.15, 0.2) is 12.1 Å². The highest BCUT2D eigenvalue weighted by molar-refractivity contribution is 14.1. The average molecular weight is 777 g/mol. The first-order chi connectivity index (χ1) is 17.4. The number of benzene rings is 1. The molecule has 1 aliphatic heterocycles. The highest BCUT2D eigenvalue weighted by Gasteiger charge is 2.76. The standard InChI is InChI=1S/C21H14F6I2O9/c22-20(23,24)19(4-10(30)31,21(25,26)27)38-18(35)12-7-3-6-11(12)17(34)37-15(6)14(7)36-16(33)8-1-5(28)2-9(29)13(8)32/h1-2,6-7,11-12,14-15,32H,3-4H2,(H,30,31)/p-1. The Morgan fingerprint density at radius 1 is 1.08 bits per heavy atom. The Bertz CT molecular complexity index is 1200. The van der Waals surface area contributed by atoms with E-state index in [-0.39, 0.29) is 15.6 Å². The molecular weight excluding hydrogens is 764 g/mol. The third kappa shape index (κ3) is 4.55. The minimum atomic E-state index is -6.41. The number of fused-ring (bicyclic) bond motifs is 1. The minimum Gasteiger partial charge on any atom is -0.550 e. The van der Waals surface area contributed by atoms with Crippen LogP contribution in [0, 0.1) is 30.8 Å². The van der Waals surface area contributed by atoms with Crippen molar-refractivity contribution in [3.63, 3.8) is 0 Å². The second-order valence-electron chi connectivity index (χ2n) is 8.96. The van der Waals surface area contributed by atoms with E-state index >= 15 is 0 Å². The van der Waals surface area contributed by atoms with Crippen LogP contribution in [0.25, 0.3) is 0 Å². The van der Waals surface area contributed by atoms with Gasteiger partial charge < -0.3 is 29.2 Å². The Kier molecular flexibility index (Phi) is 7.27. The highest BCUT2D eigenvalue weighted by atomic mass is 127. The number of aliphatic carboxylic acids is 1. The van der Waals surface area contributed by atoms with Crippen LogP contribution < -0.4 is 5.11 Å². The van der Waals surface area contributed by atoms with Crippen LogP contribution in [0.1, 0.15) is 23.2 Å². The zero-order valence-electron chi connectivity index (χ0n) is 18.3. The number of hydrogen-bond acceptors (Lipinski definition) is 9. The molecule has 0 spiro atoms. The average Bonchev–Trinajstić information content (AvgIpc) is 3.37. The molecule has 3 fully saturated rings. The number of carbonyl (C=O) groups excluding carboxylic acids is 4. The van der Waals surface area contributed by atoms with Crippen LogP contribution in [0.5, 0.6) is 5.75 Å². The van der Waals surface area contributed by atoms with Crippen LogP contribution >= 0.6 is 45.2 Å². The van der Waals surface area contributed by atoms with Gasteiger partial charge in [0.1, 0.15) is 23.5 Å². The lowest BCUT2D eigenvalue weighted by Gasteiger charge is -2.38. The lowest BCUT2D eigenvalue weighted by molar-refractivity contribution is -0.382. The van der Waals surface area contributed by atoms with E-state index in [9.17, 15) is 55.7 Å². The number of carbonyl (C=O) groups is 4. The number of hydrogen-bond donors (Lipinski definition) is 1. The quantitative estimate of drug-likeness (QED) is 0.200. The van der Waals surface area contributed by atoms with Gasteiger partial charge in [0.05, 0.1) is 15.4 Å². The predicted molar refractivity (Wildman–Crippen MR) is 122 cm³/mol. The van der Waals surface area contributed by atoms with E-state index < -0.39 is 89.9 Å². The molecule has 1 aromatic carbocycles. The lowest BCUT2D eigenvalue weighted by atomic mass is 9.78. The predicted octanol–water partition coefficient (Wildman–Crippen LogP) is 2.48. The number of esters is 3. The molecule has 2 bridgehead atoms. The number of carboxylic acid groups (broad SMARTS) is 1. The van der Waals surface area contributed by atoms with Crippen molar-refractivity contribution in [3.8, 4) is 5.75 Å². The van der Waals surface area contributed by atoms with Gasteiger partial charge in [-0.05, 0) is 63.7 Å². The van der Waals surface area contributed by atoms with Crippen LogP contribution in [0.2, 0.25) is 0 Å². The van der Waals surface area contributed by atoms with E-state index in [1.807, 2.05) is 22.6 Å². The van der Waals surface area contributed by atoms with Crippen molar-refractivity contribution < 1.29 is 69.9 Å². The number of phenolic OH excluding ortho intramolecular Hbond substituents is 1. The van der Waals surface area contributed by atoms with E-state index in [0.717, 1.165) is 0 Å². The molecule has 0 amide bonds. The fourth-order valence-corrected chi connectivity index (χ4v) is 7.18. The van der Waals surface area contributed by atoms with E-state index in [1.165, 1.54) is 12.1 Å². The number of phenols is 1. The summed E-state index contributed by atoms with van der Waals surface area (Å²) in [4.78, 5) is 49.0. The molecule has 0 radical (unpaired) electrons. The van der Waals surface area contributed by atoms with E-state index in [1.54, 1.807) is 22.6 Å². The molecular formula is C21H13F6I2O9-. The van der Waals surface area contributed by atoms with Gasteiger partial charge in [0.15, 0.2) is 0 Å². The Morgan fingerprint density at radius 2 is 1.68 bits per heavy atom. The van der Waals surface area contributed by atoms with Gasteiger partial charge in [0.2, 0.25) is 0 Å². The van der Waals surface area contributed by atoms with Crippen molar-refractivity contribution in [1.82, 2.24) is 0 Å². The van der Waals surface area contributed by atoms with Crippen LogP contribution in [-0.4, -0.2) is 59.1 Å². The summed E-state index contributed by atoms with van der Waals surface area (Å²) in [7, 11) is 0. The highest BCUT2D eigenvalue weighted by Crippen LogP contribution is 2.60. The first kappa shape index (κ1) is 28.9. The SMILES string of the molecule is O=C([O-])CC(OC(=O)C1C2CC3C(OC(=O)C31)C2OC(=O)c1cc(I)cc(I)c1O)(C(F)(F)F)C(F)(F)F. The van der Waals surface area contributed by atoms with E-state index in [4.69, 9.17) is 9.47 Å². The topological polar surface area (TPSA) is 139 Å². The molecule has 2 saturated carbocycles. The van der Waals surface area contributed by atoms with E-state index in [0.29, 0.717) is 3.57 Å². The third-order valence-electron chi connectivity index (χ3n) is 6.89. The van der Waals surface area contributed by atoms with Crippen molar-refractivity contribution >= 4 is 69.1 Å². The van der Waals surface area contributed by atoms with Gasteiger partial charge in [-0.2, -0.15) is 26.3 Å². The van der Waals surface area contributed by atoms with Crippen molar-refractivity contribution in [3.05, 3.63) is 24.8 Å². The molecule has 208 valence electrons. The van der Waals surface area contributed by atoms with Crippen molar-refractivity contribution in [1.29, 1.82) is 0 Å². The summed E-state index contributed by atoms with van der Waals surface area (Å²) < 4.78 is 96.8. The van der Waals surface area contributed by atoms with Gasteiger partial charge in [-0.25, -0.2) is 4.79 Å². The number of alkyl halides is 6. The zero-order chi connectivity index (χ0) is 28.5. The number of halogens is 8. The van der Waals surface area contributed by atoms with Gasteiger partial charge >= 0.3 is 35.9 Å². The largest absolute Gasteiger partial charge is 0.550 e. The number of carboxylic acids is 1. The van der Waals surface area contributed by atoms with Crippen molar-refractivity contribution in [2.24, 2.45) is 23.7 Å². The Balaban J connectivity index is 1.66. The van der Waals surface area contributed by atoms with Crippen molar-refractivity contribution in [2.75, 3.05) is 0 Å². The second-order valence-corrected chi connectivity index (χ2v) is 11.4. The molecule has 4 rings (SSSR count). The second kappa shape index (κ2) is 9.54. The summed E-state index contributed by atoms with van der Waals surface area (Å²) in [6.07, 6.45) is -18.3. The molecule has 1 heterocycles. The number of ether oxygens (including phenoxy) is 3. The normalized spacial score (nSPS) is 28.3. The molecule has 2 aliphatic carbocycles. The van der Waals surface area contributed by atoms with Gasteiger partial charge in [-0.15, -0.1) is 0 Å². The monoisotopic (exact) mass is 777 g/mol. The van der Waals surface area contributed by atoms with Gasteiger partial charge in [-0.3, -0.25) is 9.59 Å². The summed E-state index contributed by atoms with van der Waals surface area (Å²) in [6, 6.07) is 2.78. The lowest BCUT2D eigenvalue weighted by Crippen LogP contribution is -2.62. The molecule has 1 N–H and O–H groups in total. The van der Waals surface area contributed by atoms with Crippen LogP contribution in [-0.2, 0) is 28.6 Å². The molecule has 0 aromatic heterocycles. The smallest absolute Gasteiger partial charge is 0.437 e. The molecule has 6 unspecified atom stereocenters. The van der Waals surface area contributed by atoms with Gasteiger partial charge in [0, 0.05) is 27.8 Å². The fourth-order valence-electron chi connectivity index (χ4n) is 5.33. The Morgan fingerprint density at radius 3 is 2.24 bits per heavy atom. The Hall–Kier alpha value is -2.06. The maximum absolute atomic E-state index is 13.6. The molecule has 6 atom stereocenters. The Labute approximate surface area is 235 Å². The molecule has 1 aromatic rings. The number of aromatic hydroxyl groups is 1. The summed E-state index contributed by atoms with van der Waals surface area (Å²) in [5.74, 6) is -13.3. The first-order valence-electron chi connectivity index (χ1n) is 10.5. The van der Waals surface area contributed by atoms with E-state index in [2.05, 4.69) is 4.74 Å². The third-order valence-corrected chi connectivity index (χ3v) is 8.34. The molecule has 3 aliphatic rings. The summed E-state index contributed by atoms with van der Waals surface area (Å²) in [5.41, 5.74) is -5.76. The maximum atomic E-state index is 13.6.